The summed E-state index contributed by atoms with van der Waals surface area (Å²) in [5, 5.41) is 3.35. The van der Waals surface area contributed by atoms with Crippen LogP contribution in [0, 0.1) is 5.41 Å². The average molecular weight is 250 g/mol. The van der Waals surface area contributed by atoms with Crippen LogP contribution in [0.25, 0.3) is 0 Å². The van der Waals surface area contributed by atoms with Gasteiger partial charge in [0, 0.05) is 18.9 Å². The molecule has 0 unspecified atom stereocenters. The molecule has 4 nitrogen and oxygen atoms in total. The maximum atomic E-state index is 5.62. The van der Waals surface area contributed by atoms with Crippen molar-refractivity contribution in [3.05, 3.63) is 18.1 Å². The highest BCUT2D eigenvalue weighted by Gasteiger charge is 2.34. The Kier molecular flexibility index (Phi) is 3.57. The van der Waals surface area contributed by atoms with Crippen LogP contribution in [-0.2, 0) is 0 Å². The summed E-state index contributed by atoms with van der Waals surface area (Å²) in [6.45, 7) is 3.17. The van der Waals surface area contributed by atoms with Gasteiger partial charge in [-0.3, -0.25) is 0 Å². The molecule has 3 N–H and O–H groups in total. The van der Waals surface area contributed by atoms with E-state index in [1.54, 1.807) is 12.4 Å². The van der Waals surface area contributed by atoms with Crippen molar-refractivity contribution in [1.82, 2.24) is 9.97 Å². The van der Waals surface area contributed by atoms with Gasteiger partial charge in [-0.05, 0) is 24.7 Å². The van der Waals surface area contributed by atoms with Crippen LogP contribution in [0.1, 0.15) is 38.3 Å². The quantitative estimate of drug-likeness (QED) is 0.784. The Hall–Kier alpha value is -1.23. The Morgan fingerprint density at radius 3 is 2.71 bits per heavy atom. The molecule has 0 atom stereocenters. The zero-order chi connectivity index (χ0) is 12.3. The van der Waals surface area contributed by atoms with Crippen molar-refractivity contribution in [2.45, 2.75) is 32.6 Å². The van der Waals surface area contributed by atoms with Gasteiger partial charge in [-0.1, -0.05) is 25.6 Å². The number of nitrogens with zero attached hydrogens (tertiary/aromatic N) is 2. The zero-order valence-corrected chi connectivity index (χ0v) is 10.9. The van der Waals surface area contributed by atoms with Crippen LogP contribution >= 0.6 is 12.2 Å². The molecule has 0 aromatic carbocycles. The van der Waals surface area contributed by atoms with Gasteiger partial charge in [0.25, 0.3) is 0 Å². The molecule has 0 bridgehead atoms. The fourth-order valence-corrected chi connectivity index (χ4v) is 2.40. The van der Waals surface area contributed by atoms with Crippen molar-refractivity contribution in [1.29, 1.82) is 0 Å². The number of rotatable bonds is 5. The molecule has 2 rings (SSSR count). The number of hydrogen-bond acceptors (Lipinski definition) is 4. The lowest BCUT2D eigenvalue weighted by atomic mass is 9.67. The van der Waals surface area contributed by atoms with Crippen molar-refractivity contribution in [3.63, 3.8) is 0 Å². The summed E-state index contributed by atoms with van der Waals surface area (Å²) < 4.78 is 0. The third-order valence-corrected chi connectivity index (χ3v) is 3.92. The Labute approximate surface area is 107 Å². The van der Waals surface area contributed by atoms with Crippen LogP contribution in [0.3, 0.4) is 0 Å². The van der Waals surface area contributed by atoms with Gasteiger partial charge in [0.1, 0.15) is 10.7 Å². The molecule has 0 aliphatic heterocycles. The number of nitrogens with two attached hydrogens (primary N) is 1. The van der Waals surface area contributed by atoms with E-state index in [0.29, 0.717) is 21.9 Å². The summed E-state index contributed by atoms with van der Waals surface area (Å²) in [5.74, 6) is 0.708. The molecular weight excluding hydrogens is 232 g/mol. The minimum absolute atomic E-state index is 0.291. The average Bonchev–Trinajstić information content (AvgIpc) is 2.28. The maximum Gasteiger partial charge on any atom is 0.155 e. The molecule has 0 amide bonds. The molecule has 0 saturated heterocycles. The first-order valence-electron chi connectivity index (χ1n) is 6.01. The molecule has 17 heavy (non-hydrogen) atoms. The first-order chi connectivity index (χ1) is 8.17. The number of thiocarbonyl (C=S) groups is 1. The summed E-state index contributed by atoms with van der Waals surface area (Å²) in [6, 6.07) is 0. The molecule has 0 spiro atoms. The summed E-state index contributed by atoms with van der Waals surface area (Å²) in [7, 11) is 0. The smallest absolute Gasteiger partial charge is 0.155 e. The second-order valence-corrected chi connectivity index (χ2v) is 5.12. The number of aromatic nitrogens is 2. The number of nitrogens with one attached hydrogen (secondary N) is 1. The van der Waals surface area contributed by atoms with Crippen LogP contribution < -0.4 is 11.1 Å². The standard InChI is InChI=1S/C12H18N4S/c1-2-12(4-3-5-12)8-16-11-9(10(13)17)14-6-7-15-11/h6-7H,2-5,8H2,1H3,(H2,13,17)(H,15,16). The van der Waals surface area contributed by atoms with Crippen molar-refractivity contribution >= 4 is 23.0 Å². The van der Waals surface area contributed by atoms with Gasteiger partial charge < -0.3 is 11.1 Å². The highest BCUT2D eigenvalue weighted by atomic mass is 32.1. The van der Waals surface area contributed by atoms with Gasteiger partial charge in [0.05, 0.1) is 0 Å². The minimum Gasteiger partial charge on any atom is -0.388 e. The summed E-state index contributed by atoms with van der Waals surface area (Å²) in [4.78, 5) is 8.70. The fourth-order valence-electron chi connectivity index (χ4n) is 2.25. The van der Waals surface area contributed by atoms with E-state index in [9.17, 15) is 0 Å². The summed E-state index contributed by atoms with van der Waals surface area (Å²) >= 11 is 4.96. The lowest BCUT2D eigenvalue weighted by Gasteiger charge is -2.41. The summed E-state index contributed by atoms with van der Waals surface area (Å²) in [6.07, 6.45) is 8.38. The lowest BCUT2D eigenvalue weighted by Crippen LogP contribution is -2.36. The lowest BCUT2D eigenvalue weighted by molar-refractivity contribution is 0.145. The number of hydrogen-bond donors (Lipinski definition) is 2. The van der Waals surface area contributed by atoms with Crippen molar-refractivity contribution < 1.29 is 0 Å². The van der Waals surface area contributed by atoms with Crippen LogP contribution in [-0.4, -0.2) is 21.5 Å². The molecule has 1 saturated carbocycles. The Morgan fingerprint density at radius 2 is 2.18 bits per heavy atom. The normalized spacial score (nSPS) is 17.2. The second kappa shape index (κ2) is 4.96. The van der Waals surface area contributed by atoms with E-state index in [0.717, 1.165) is 6.54 Å². The van der Waals surface area contributed by atoms with Gasteiger partial charge in [-0.25, -0.2) is 9.97 Å². The van der Waals surface area contributed by atoms with Gasteiger partial charge in [0.15, 0.2) is 5.82 Å². The fraction of sp³-hybridized carbons (Fsp3) is 0.583. The predicted octanol–water partition coefficient (Wildman–Crippen LogP) is 2.10. The molecule has 1 aromatic heterocycles. The topological polar surface area (TPSA) is 63.8 Å². The highest BCUT2D eigenvalue weighted by Crippen LogP contribution is 2.43. The van der Waals surface area contributed by atoms with E-state index >= 15 is 0 Å². The summed E-state index contributed by atoms with van der Waals surface area (Å²) in [5.41, 5.74) is 6.65. The Bertz CT molecular complexity index is 409. The Morgan fingerprint density at radius 1 is 1.47 bits per heavy atom. The minimum atomic E-state index is 0.291. The largest absolute Gasteiger partial charge is 0.388 e. The van der Waals surface area contributed by atoms with E-state index in [1.807, 2.05) is 0 Å². The Balaban J connectivity index is 2.06. The van der Waals surface area contributed by atoms with Gasteiger partial charge >= 0.3 is 0 Å². The van der Waals surface area contributed by atoms with E-state index in [-0.39, 0.29) is 0 Å². The van der Waals surface area contributed by atoms with E-state index in [2.05, 4.69) is 22.2 Å². The van der Waals surface area contributed by atoms with Crippen molar-refractivity contribution in [2.24, 2.45) is 11.1 Å². The molecule has 1 aliphatic carbocycles. The first kappa shape index (κ1) is 12.2. The van der Waals surface area contributed by atoms with E-state index in [4.69, 9.17) is 18.0 Å². The van der Waals surface area contributed by atoms with Crippen LogP contribution in [0.5, 0.6) is 0 Å². The van der Waals surface area contributed by atoms with Gasteiger partial charge in [-0.15, -0.1) is 0 Å². The zero-order valence-electron chi connectivity index (χ0n) is 10.1. The van der Waals surface area contributed by atoms with Crippen LogP contribution in [0.4, 0.5) is 5.82 Å². The van der Waals surface area contributed by atoms with Crippen LogP contribution in [0.15, 0.2) is 12.4 Å². The van der Waals surface area contributed by atoms with E-state index in [1.165, 1.54) is 25.7 Å². The third-order valence-electron chi connectivity index (χ3n) is 3.73. The van der Waals surface area contributed by atoms with Gasteiger partial charge in [-0.2, -0.15) is 0 Å². The SMILES string of the molecule is CCC1(CNc2nccnc2C(N)=S)CCC1. The number of anilines is 1. The molecule has 5 heteroatoms. The van der Waals surface area contributed by atoms with Crippen molar-refractivity contribution in [2.75, 3.05) is 11.9 Å². The molecular formula is C12H18N4S. The molecule has 92 valence electrons. The highest BCUT2D eigenvalue weighted by molar-refractivity contribution is 7.80. The monoisotopic (exact) mass is 250 g/mol. The third kappa shape index (κ3) is 2.54. The predicted molar refractivity (Wildman–Crippen MR) is 73.0 cm³/mol. The van der Waals surface area contributed by atoms with Crippen LogP contribution in [0.2, 0.25) is 0 Å². The molecule has 1 fully saturated rings. The van der Waals surface area contributed by atoms with Crippen molar-refractivity contribution in [3.8, 4) is 0 Å². The first-order valence-corrected chi connectivity index (χ1v) is 6.42. The van der Waals surface area contributed by atoms with Gasteiger partial charge in [0.2, 0.25) is 0 Å². The molecule has 1 aromatic rings. The van der Waals surface area contributed by atoms with E-state index < -0.39 is 0 Å². The second-order valence-electron chi connectivity index (χ2n) is 4.68. The molecule has 1 aliphatic rings. The maximum absolute atomic E-state index is 5.62. The molecule has 0 radical (unpaired) electrons. The molecule has 1 heterocycles.